The highest BCUT2D eigenvalue weighted by Gasteiger charge is 2.12. The molecule has 0 radical (unpaired) electrons. The van der Waals surface area contributed by atoms with Crippen LogP contribution in [0.1, 0.15) is 42.4 Å². The van der Waals surface area contributed by atoms with E-state index < -0.39 is 0 Å². The van der Waals surface area contributed by atoms with Crippen LogP contribution in [0.25, 0.3) is 0 Å². The zero-order valence-corrected chi connectivity index (χ0v) is 12.6. The lowest BCUT2D eigenvalue weighted by atomic mass is 10.0. The van der Waals surface area contributed by atoms with Crippen molar-refractivity contribution < 1.29 is 0 Å². The normalized spacial score (nSPS) is 12.3. The van der Waals surface area contributed by atoms with Crippen LogP contribution in [-0.2, 0) is 12.8 Å². The van der Waals surface area contributed by atoms with Gasteiger partial charge in [0, 0.05) is 6.20 Å². The van der Waals surface area contributed by atoms with Gasteiger partial charge in [-0.1, -0.05) is 38.1 Å². The molecule has 0 aliphatic rings. The van der Waals surface area contributed by atoms with E-state index in [2.05, 4.69) is 53.4 Å². The molecule has 0 saturated heterocycles. The van der Waals surface area contributed by atoms with E-state index in [1.807, 2.05) is 19.3 Å². The molecule has 1 N–H and O–H groups in total. The van der Waals surface area contributed by atoms with E-state index in [1.54, 1.807) is 0 Å². The molecule has 0 fully saturated rings. The third-order valence-corrected chi connectivity index (χ3v) is 3.48. The van der Waals surface area contributed by atoms with E-state index in [1.165, 1.54) is 11.1 Å². The van der Waals surface area contributed by atoms with Gasteiger partial charge < -0.3 is 5.32 Å². The van der Waals surface area contributed by atoms with Gasteiger partial charge in [0.25, 0.3) is 0 Å². The van der Waals surface area contributed by atoms with Gasteiger partial charge in [0.2, 0.25) is 0 Å². The minimum atomic E-state index is 0.223. The van der Waals surface area contributed by atoms with Crippen molar-refractivity contribution in [3.05, 3.63) is 59.2 Å². The summed E-state index contributed by atoms with van der Waals surface area (Å²) in [5.74, 6) is 0. The maximum absolute atomic E-state index is 4.50. The van der Waals surface area contributed by atoms with Crippen molar-refractivity contribution in [2.75, 3.05) is 6.54 Å². The predicted molar refractivity (Wildman–Crippen MR) is 82.7 cm³/mol. The molecule has 1 unspecified atom stereocenters. The molecule has 3 heteroatoms. The first kappa shape index (κ1) is 14.7. The molecular formula is C17H23N3. The number of nitrogens with zero attached hydrogens (tertiary/aromatic N) is 2. The standard InChI is InChI=1S/C17H23N3/c1-4-14-6-8-15(9-7-14)10-16(18-5-2)17-12-19-13(3)11-20-17/h6-9,11-12,16,18H,4-5,10H2,1-3H3. The fourth-order valence-electron chi connectivity index (χ4n) is 2.26. The van der Waals surface area contributed by atoms with E-state index in [9.17, 15) is 0 Å². The predicted octanol–water partition coefficient (Wildman–Crippen LogP) is 3.24. The Labute approximate surface area is 121 Å². The molecule has 20 heavy (non-hydrogen) atoms. The second-order valence-corrected chi connectivity index (χ2v) is 5.07. The Balaban J connectivity index is 2.13. The number of hydrogen-bond acceptors (Lipinski definition) is 3. The molecule has 2 rings (SSSR count). The Bertz CT molecular complexity index is 517. The van der Waals surface area contributed by atoms with Crippen molar-refractivity contribution in [2.45, 2.75) is 39.7 Å². The first-order chi connectivity index (χ1) is 9.72. The van der Waals surface area contributed by atoms with E-state index >= 15 is 0 Å². The number of aryl methyl sites for hydroxylation is 2. The first-order valence-corrected chi connectivity index (χ1v) is 7.32. The van der Waals surface area contributed by atoms with Crippen LogP contribution >= 0.6 is 0 Å². The van der Waals surface area contributed by atoms with Gasteiger partial charge in [0.15, 0.2) is 0 Å². The van der Waals surface area contributed by atoms with Crippen molar-refractivity contribution in [2.24, 2.45) is 0 Å². The van der Waals surface area contributed by atoms with E-state index in [0.29, 0.717) is 0 Å². The SMILES string of the molecule is CCNC(Cc1ccc(CC)cc1)c1cnc(C)cn1. The average Bonchev–Trinajstić information content (AvgIpc) is 2.48. The van der Waals surface area contributed by atoms with Gasteiger partial charge >= 0.3 is 0 Å². The van der Waals surface area contributed by atoms with E-state index in [0.717, 1.165) is 30.8 Å². The molecule has 1 aromatic carbocycles. The second-order valence-electron chi connectivity index (χ2n) is 5.07. The summed E-state index contributed by atoms with van der Waals surface area (Å²) in [6.45, 7) is 7.18. The van der Waals surface area contributed by atoms with Crippen LogP contribution in [0, 0.1) is 6.92 Å². The van der Waals surface area contributed by atoms with Gasteiger partial charge in [-0.3, -0.25) is 9.97 Å². The topological polar surface area (TPSA) is 37.8 Å². The van der Waals surface area contributed by atoms with Gasteiger partial charge in [-0.15, -0.1) is 0 Å². The third-order valence-electron chi connectivity index (χ3n) is 3.48. The van der Waals surface area contributed by atoms with Crippen LogP contribution in [0.5, 0.6) is 0 Å². The molecule has 1 heterocycles. The van der Waals surface area contributed by atoms with E-state index in [-0.39, 0.29) is 6.04 Å². The van der Waals surface area contributed by atoms with Crippen LogP contribution in [0.4, 0.5) is 0 Å². The van der Waals surface area contributed by atoms with Gasteiger partial charge in [-0.25, -0.2) is 0 Å². The maximum atomic E-state index is 4.50. The summed E-state index contributed by atoms with van der Waals surface area (Å²) in [4.78, 5) is 8.85. The molecule has 3 nitrogen and oxygen atoms in total. The van der Waals surface area contributed by atoms with Gasteiger partial charge in [0.05, 0.1) is 23.6 Å². The maximum Gasteiger partial charge on any atom is 0.0759 e. The average molecular weight is 269 g/mol. The lowest BCUT2D eigenvalue weighted by Crippen LogP contribution is -2.24. The van der Waals surface area contributed by atoms with Gasteiger partial charge in [-0.05, 0) is 37.4 Å². The van der Waals surface area contributed by atoms with Crippen LogP contribution in [0.2, 0.25) is 0 Å². The van der Waals surface area contributed by atoms with Crippen molar-refractivity contribution in [3.63, 3.8) is 0 Å². The number of aromatic nitrogens is 2. The summed E-state index contributed by atoms with van der Waals surface area (Å²) < 4.78 is 0. The molecule has 0 aliphatic carbocycles. The minimum Gasteiger partial charge on any atom is -0.309 e. The Morgan fingerprint density at radius 2 is 1.70 bits per heavy atom. The smallest absolute Gasteiger partial charge is 0.0759 e. The summed E-state index contributed by atoms with van der Waals surface area (Å²) in [5.41, 5.74) is 4.67. The third kappa shape index (κ3) is 3.87. The number of nitrogens with one attached hydrogen (secondary N) is 1. The van der Waals surface area contributed by atoms with Crippen molar-refractivity contribution in [1.82, 2.24) is 15.3 Å². The first-order valence-electron chi connectivity index (χ1n) is 7.32. The molecular weight excluding hydrogens is 246 g/mol. The molecule has 0 bridgehead atoms. The molecule has 2 aromatic rings. The van der Waals surface area contributed by atoms with Crippen LogP contribution < -0.4 is 5.32 Å². The highest BCUT2D eigenvalue weighted by molar-refractivity contribution is 5.24. The Morgan fingerprint density at radius 1 is 1.00 bits per heavy atom. The highest BCUT2D eigenvalue weighted by Crippen LogP contribution is 2.17. The fourth-order valence-corrected chi connectivity index (χ4v) is 2.26. The Morgan fingerprint density at radius 3 is 2.25 bits per heavy atom. The Kier molecular flexibility index (Phi) is 5.24. The monoisotopic (exact) mass is 269 g/mol. The number of likely N-dealkylation sites (N-methyl/N-ethyl adjacent to an activating group) is 1. The minimum absolute atomic E-state index is 0.223. The quantitative estimate of drug-likeness (QED) is 0.875. The number of rotatable bonds is 6. The molecule has 106 valence electrons. The number of hydrogen-bond donors (Lipinski definition) is 1. The zero-order valence-electron chi connectivity index (χ0n) is 12.6. The fraction of sp³-hybridized carbons (Fsp3) is 0.412. The van der Waals surface area contributed by atoms with Crippen molar-refractivity contribution in [3.8, 4) is 0 Å². The largest absolute Gasteiger partial charge is 0.309 e. The lowest BCUT2D eigenvalue weighted by molar-refractivity contribution is 0.534. The van der Waals surface area contributed by atoms with Crippen molar-refractivity contribution in [1.29, 1.82) is 0 Å². The molecule has 1 aromatic heterocycles. The molecule has 0 saturated carbocycles. The molecule has 0 spiro atoms. The summed E-state index contributed by atoms with van der Waals surface area (Å²) in [6.07, 6.45) is 5.73. The molecule has 0 amide bonds. The summed E-state index contributed by atoms with van der Waals surface area (Å²) in [7, 11) is 0. The van der Waals surface area contributed by atoms with Crippen molar-refractivity contribution >= 4 is 0 Å². The lowest BCUT2D eigenvalue weighted by Gasteiger charge is -2.17. The Hall–Kier alpha value is -1.74. The van der Waals surface area contributed by atoms with E-state index in [4.69, 9.17) is 0 Å². The second kappa shape index (κ2) is 7.15. The molecule has 0 aliphatic heterocycles. The van der Waals surface area contributed by atoms with Crippen LogP contribution in [-0.4, -0.2) is 16.5 Å². The van der Waals surface area contributed by atoms with Crippen LogP contribution in [0.3, 0.4) is 0 Å². The summed E-state index contributed by atoms with van der Waals surface area (Å²) in [5, 5.41) is 3.49. The highest BCUT2D eigenvalue weighted by atomic mass is 14.9. The molecule has 1 atom stereocenters. The summed E-state index contributed by atoms with van der Waals surface area (Å²) in [6, 6.07) is 9.06. The van der Waals surface area contributed by atoms with Crippen LogP contribution in [0.15, 0.2) is 36.7 Å². The number of benzene rings is 1. The van der Waals surface area contributed by atoms with Gasteiger partial charge in [-0.2, -0.15) is 0 Å². The zero-order chi connectivity index (χ0) is 14.4. The summed E-state index contributed by atoms with van der Waals surface area (Å²) >= 11 is 0. The van der Waals surface area contributed by atoms with Gasteiger partial charge in [0.1, 0.15) is 0 Å².